The Morgan fingerprint density at radius 3 is 2.57 bits per heavy atom. The van der Waals surface area contributed by atoms with Crippen molar-refractivity contribution in [2.45, 2.75) is 44.6 Å². The molecule has 80 valence electrons. The summed E-state index contributed by atoms with van der Waals surface area (Å²) in [6.45, 7) is 0. The van der Waals surface area contributed by atoms with Crippen LogP contribution in [0.5, 0.6) is 0 Å². The van der Waals surface area contributed by atoms with Gasteiger partial charge in [-0.05, 0) is 31.1 Å². The average Bonchev–Trinajstić information content (AvgIpc) is 2.58. The summed E-state index contributed by atoms with van der Waals surface area (Å²) in [6.07, 6.45) is 6.06. The third-order valence-electron chi connectivity index (χ3n) is 4.15. The van der Waals surface area contributed by atoms with Gasteiger partial charge in [0.2, 0.25) is 0 Å². The van der Waals surface area contributed by atoms with Crippen molar-refractivity contribution < 1.29 is 14.6 Å². The molecule has 0 aliphatic heterocycles. The van der Waals surface area contributed by atoms with Crippen LogP contribution in [0.1, 0.15) is 38.5 Å². The molecule has 0 heterocycles. The summed E-state index contributed by atoms with van der Waals surface area (Å²) in [5.41, 5.74) is 0.285. The molecule has 0 bridgehead atoms. The number of carbonyl (C=O) groups is 1. The van der Waals surface area contributed by atoms with Crippen LogP contribution in [-0.4, -0.2) is 24.3 Å². The molecule has 2 unspecified atom stereocenters. The largest absolute Gasteiger partial charge is 0.467 e. The first-order valence-corrected chi connectivity index (χ1v) is 5.45. The van der Waals surface area contributed by atoms with Crippen LogP contribution in [0.2, 0.25) is 0 Å². The Balaban J connectivity index is 2.05. The van der Waals surface area contributed by atoms with Gasteiger partial charge in [-0.3, -0.25) is 0 Å². The number of esters is 1. The SMILES string of the molecule is COC(=O)C(O)C1CCCC12CCC2. The molecule has 2 fully saturated rings. The van der Waals surface area contributed by atoms with Gasteiger partial charge in [0.1, 0.15) is 0 Å². The first-order chi connectivity index (χ1) is 6.69. The molecule has 1 spiro atoms. The van der Waals surface area contributed by atoms with Crippen molar-refractivity contribution in [3.63, 3.8) is 0 Å². The van der Waals surface area contributed by atoms with E-state index in [0.29, 0.717) is 0 Å². The van der Waals surface area contributed by atoms with Gasteiger partial charge >= 0.3 is 5.97 Å². The Morgan fingerprint density at radius 2 is 2.07 bits per heavy atom. The molecule has 1 N–H and O–H groups in total. The minimum Gasteiger partial charge on any atom is -0.467 e. The molecule has 0 radical (unpaired) electrons. The van der Waals surface area contributed by atoms with E-state index in [9.17, 15) is 9.90 Å². The van der Waals surface area contributed by atoms with E-state index < -0.39 is 12.1 Å². The number of rotatable bonds is 2. The van der Waals surface area contributed by atoms with Gasteiger partial charge in [0.25, 0.3) is 0 Å². The van der Waals surface area contributed by atoms with E-state index in [1.807, 2.05) is 0 Å². The van der Waals surface area contributed by atoms with Crippen LogP contribution >= 0.6 is 0 Å². The molecule has 3 heteroatoms. The Bertz CT molecular complexity index is 233. The smallest absolute Gasteiger partial charge is 0.334 e. The second-order valence-corrected chi connectivity index (χ2v) is 4.68. The molecule has 0 amide bonds. The lowest BCUT2D eigenvalue weighted by Gasteiger charge is -2.44. The first kappa shape index (κ1) is 9.97. The minimum atomic E-state index is -0.886. The highest BCUT2D eigenvalue weighted by Crippen LogP contribution is 2.57. The predicted octanol–water partition coefficient (Wildman–Crippen LogP) is 1.49. The van der Waals surface area contributed by atoms with E-state index in [-0.39, 0.29) is 11.3 Å². The molecule has 3 nitrogen and oxygen atoms in total. The summed E-state index contributed by atoms with van der Waals surface area (Å²) in [4.78, 5) is 11.3. The topological polar surface area (TPSA) is 46.5 Å². The van der Waals surface area contributed by atoms with Crippen LogP contribution in [0.4, 0.5) is 0 Å². The lowest BCUT2D eigenvalue weighted by molar-refractivity contribution is -0.157. The van der Waals surface area contributed by atoms with Crippen molar-refractivity contribution >= 4 is 5.97 Å². The van der Waals surface area contributed by atoms with Crippen LogP contribution in [0, 0.1) is 11.3 Å². The number of aliphatic hydroxyl groups excluding tert-OH is 1. The fraction of sp³-hybridized carbons (Fsp3) is 0.909. The maximum absolute atomic E-state index is 11.3. The number of ether oxygens (including phenoxy) is 1. The molecule has 2 aliphatic carbocycles. The quantitative estimate of drug-likeness (QED) is 0.684. The lowest BCUT2D eigenvalue weighted by atomic mass is 9.61. The third kappa shape index (κ3) is 1.34. The summed E-state index contributed by atoms with van der Waals surface area (Å²) in [7, 11) is 1.34. The predicted molar refractivity (Wildman–Crippen MR) is 51.6 cm³/mol. The number of aliphatic hydroxyl groups is 1. The summed E-state index contributed by atoms with van der Waals surface area (Å²) in [5.74, 6) is -0.299. The Hall–Kier alpha value is -0.570. The molecular formula is C11H18O3. The van der Waals surface area contributed by atoms with Crippen molar-refractivity contribution in [3.05, 3.63) is 0 Å². The molecule has 0 aromatic heterocycles. The molecule has 0 saturated heterocycles. The number of carbonyl (C=O) groups excluding carboxylic acids is 1. The number of methoxy groups -OCH3 is 1. The van der Waals surface area contributed by atoms with Crippen molar-refractivity contribution in [2.24, 2.45) is 11.3 Å². The van der Waals surface area contributed by atoms with Crippen LogP contribution in [0.3, 0.4) is 0 Å². The normalized spacial score (nSPS) is 31.1. The molecule has 2 saturated carbocycles. The van der Waals surface area contributed by atoms with Crippen molar-refractivity contribution in [2.75, 3.05) is 7.11 Å². The van der Waals surface area contributed by atoms with Crippen LogP contribution in [-0.2, 0) is 9.53 Å². The molecule has 2 aliphatic rings. The molecule has 0 aromatic carbocycles. The van der Waals surface area contributed by atoms with E-state index >= 15 is 0 Å². The average molecular weight is 198 g/mol. The fourth-order valence-corrected chi connectivity index (χ4v) is 3.20. The van der Waals surface area contributed by atoms with Crippen molar-refractivity contribution in [1.82, 2.24) is 0 Å². The van der Waals surface area contributed by atoms with E-state index in [1.54, 1.807) is 0 Å². The molecule has 2 rings (SSSR count). The second-order valence-electron chi connectivity index (χ2n) is 4.68. The maximum atomic E-state index is 11.3. The summed E-state index contributed by atoms with van der Waals surface area (Å²) in [6, 6.07) is 0. The van der Waals surface area contributed by atoms with Gasteiger partial charge in [-0.2, -0.15) is 0 Å². The fourth-order valence-electron chi connectivity index (χ4n) is 3.20. The van der Waals surface area contributed by atoms with Gasteiger partial charge in [0, 0.05) is 5.92 Å². The summed E-state index contributed by atoms with van der Waals surface area (Å²) < 4.78 is 4.60. The molecule has 2 atom stereocenters. The lowest BCUT2D eigenvalue weighted by Crippen LogP contribution is -2.43. The molecule has 0 aromatic rings. The zero-order valence-electron chi connectivity index (χ0n) is 8.66. The van der Waals surface area contributed by atoms with E-state index in [0.717, 1.165) is 12.8 Å². The first-order valence-electron chi connectivity index (χ1n) is 5.45. The Labute approximate surface area is 84.4 Å². The minimum absolute atomic E-state index is 0.156. The highest BCUT2D eigenvalue weighted by molar-refractivity contribution is 5.74. The van der Waals surface area contributed by atoms with Crippen LogP contribution in [0.25, 0.3) is 0 Å². The van der Waals surface area contributed by atoms with Gasteiger partial charge in [0.05, 0.1) is 7.11 Å². The second kappa shape index (κ2) is 3.54. The maximum Gasteiger partial charge on any atom is 0.334 e. The third-order valence-corrected chi connectivity index (χ3v) is 4.15. The number of hydrogen-bond acceptors (Lipinski definition) is 3. The van der Waals surface area contributed by atoms with E-state index in [1.165, 1.54) is 32.8 Å². The van der Waals surface area contributed by atoms with Crippen LogP contribution in [0.15, 0.2) is 0 Å². The van der Waals surface area contributed by atoms with Crippen LogP contribution < -0.4 is 0 Å². The van der Waals surface area contributed by atoms with Gasteiger partial charge < -0.3 is 9.84 Å². The standard InChI is InChI=1S/C11H18O3/c1-14-10(13)9(12)8-4-2-5-11(8)6-3-7-11/h8-9,12H,2-7H2,1H3. The summed E-state index contributed by atoms with van der Waals surface area (Å²) in [5, 5.41) is 9.84. The molecule has 14 heavy (non-hydrogen) atoms. The zero-order valence-corrected chi connectivity index (χ0v) is 8.66. The molecular weight excluding hydrogens is 180 g/mol. The van der Waals surface area contributed by atoms with E-state index in [2.05, 4.69) is 4.74 Å². The highest BCUT2D eigenvalue weighted by atomic mass is 16.5. The van der Waals surface area contributed by atoms with Crippen molar-refractivity contribution in [1.29, 1.82) is 0 Å². The van der Waals surface area contributed by atoms with Gasteiger partial charge in [-0.1, -0.05) is 12.8 Å². The Kier molecular flexibility index (Phi) is 2.52. The van der Waals surface area contributed by atoms with Gasteiger partial charge in [0.15, 0.2) is 6.10 Å². The van der Waals surface area contributed by atoms with E-state index in [4.69, 9.17) is 0 Å². The number of hydrogen-bond donors (Lipinski definition) is 1. The Morgan fingerprint density at radius 1 is 1.43 bits per heavy atom. The summed E-state index contributed by atoms with van der Waals surface area (Å²) >= 11 is 0. The van der Waals surface area contributed by atoms with Gasteiger partial charge in [-0.25, -0.2) is 4.79 Å². The zero-order chi connectivity index (χ0) is 10.2. The highest BCUT2D eigenvalue weighted by Gasteiger charge is 2.51. The monoisotopic (exact) mass is 198 g/mol. The van der Waals surface area contributed by atoms with Gasteiger partial charge in [-0.15, -0.1) is 0 Å². The van der Waals surface area contributed by atoms with Crippen molar-refractivity contribution in [3.8, 4) is 0 Å².